The minimum Gasteiger partial charge on any atom is -0.463 e. The van der Waals surface area contributed by atoms with Gasteiger partial charge in [0, 0.05) is 6.42 Å². The lowest BCUT2D eigenvalue weighted by molar-refractivity contribution is 0.304. The van der Waals surface area contributed by atoms with Gasteiger partial charge in [0.1, 0.15) is 5.76 Å². The molecule has 0 radical (unpaired) electrons. The number of nitrogens with two attached hydrogens (primary N) is 1. The first-order valence-electron chi connectivity index (χ1n) is 6.20. The van der Waals surface area contributed by atoms with Crippen LogP contribution < -0.4 is 5.73 Å². The maximum atomic E-state index is 5.48. The molecule has 17 heavy (non-hydrogen) atoms. The molecule has 0 unspecified atom stereocenters. The van der Waals surface area contributed by atoms with Crippen molar-refractivity contribution in [2.24, 2.45) is 5.73 Å². The molecule has 0 heterocycles. The van der Waals surface area contributed by atoms with Gasteiger partial charge in [-0.2, -0.15) is 0 Å². The maximum Gasteiger partial charge on any atom is 0.119 e. The summed E-state index contributed by atoms with van der Waals surface area (Å²) in [5, 5.41) is 0. The third-order valence-corrected chi connectivity index (χ3v) is 2.39. The van der Waals surface area contributed by atoms with Crippen molar-refractivity contribution >= 4 is 0 Å². The van der Waals surface area contributed by atoms with E-state index in [1.165, 1.54) is 0 Å². The Morgan fingerprint density at radius 1 is 1.12 bits per heavy atom. The van der Waals surface area contributed by atoms with E-state index in [-0.39, 0.29) is 0 Å². The highest BCUT2D eigenvalue weighted by molar-refractivity contribution is 5.21. The zero-order chi connectivity index (χ0) is 13.1. The maximum absolute atomic E-state index is 5.48. The molecule has 0 fully saturated rings. The monoisotopic (exact) mass is 235 g/mol. The molecule has 0 aromatic rings. The van der Waals surface area contributed by atoms with Crippen LogP contribution in [0.15, 0.2) is 49.0 Å². The molecule has 2 N–H and O–H groups in total. The van der Waals surface area contributed by atoms with Crippen LogP contribution in [0.4, 0.5) is 0 Å². The molecule has 0 spiro atoms. The zero-order valence-corrected chi connectivity index (χ0v) is 11.0. The topological polar surface area (TPSA) is 35.2 Å². The van der Waals surface area contributed by atoms with Crippen molar-refractivity contribution < 1.29 is 4.74 Å². The highest BCUT2D eigenvalue weighted by Crippen LogP contribution is 2.13. The number of unbranched alkanes of at least 4 members (excludes halogenated alkanes) is 2. The second-order valence-corrected chi connectivity index (χ2v) is 4.05. The molecular formula is C15H25NO. The van der Waals surface area contributed by atoms with Crippen molar-refractivity contribution in [3.63, 3.8) is 0 Å². The summed E-state index contributed by atoms with van der Waals surface area (Å²) in [7, 11) is 0. The molecule has 0 saturated heterocycles. The molecule has 0 bridgehead atoms. The van der Waals surface area contributed by atoms with Gasteiger partial charge in [0.2, 0.25) is 0 Å². The molecule has 0 rings (SSSR count). The fourth-order valence-corrected chi connectivity index (χ4v) is 1.24. The van der Waals surface area contributed by atoms with Gasteiger partial charge in [-0.1, -0.05) is 44.7 Å². The van der Waals surface area contributed by atoms with Crippen LogP contribution in [0.3, 0.4) is 0 Å². The Morgan fingerprint density at radius 3 is 2.41 bits per heavy atom. The van der Waals surface area contributed by atoms with E-state index in [2.05, 4.69) is 26.7 Å². The van der Waals surface area contributed by atoms with Crippen LogP contribution in [0.1, 0.15) is 39.0 Å². The average molecular weight is 235 g/mol. The molecule has 0 saturated carbocycles. The minimum atomic E-state index is 0.614. The molecule has 0 aliphatic heterocycles. The van der Waals surface area contributed by atoms with Gasteiger partial charge >= 0.3 is 0 Å². The van der Waals surface area contributed by atoms with E-state index in [1.54, 1.807) is 0 Å². The van der Waals surface area contributed by atoms with Gasteiger partial charge < -0.3 is 10.5 Å². The molecule has 0 aliphatic rings. The van der Waals surface area contributed by atoms with Gasteiger partial charge in [-0.25, -0.2) is 0 Å². The van der Waals surface area contributed by atoms with E-state index in [9.17, 15) is 0 Å². The van der Waals surface area contributed by atoms with Gasteiger partial charge in [0.15, 0.2) is 0 Å². The van der Waals surface area contributed by atoms with Crippen LogP contribution >= 0.6 is 0 Å². The minimum absolute atomic E-state index is 0.614. The number of ether oxygens (including phenoxy) is 1. The second-order valence-electron chi connectivity index (χ2n) is 4.05. The Labute approximate surface area is 106 Å². The van der Waals surface area contributed by atoms with Gasteiger partial charge in [0.05, 0.1) is 5.76 Å². The summed E-state index contributed by atoms with van der Waals surface area (Å²) in [4.78, 5) is 0. The standard InChI is InChI=1S/C15H25NO/c1-5-13(2)10-11-15(4)17-14(3)9-7-6-8-12-16/h10-11H,2-9,12,16H2,1H3/b11-10-. The molecule has 0 aliphatic carbocycles. The van der Waals surface area contributed by atoms with Gasteiger partial charge in [-0.15, -0.1) is 0 Å². The molecule has 0 aromatic carbocycles. The largest absolute Gasteiger partial charge is 0.463 e. The number of rotatable bonds is 10. The Hall–Kier alpha value is -1.28. The predicted molar refractivity (Wildman–Crippen MR) is 75.5 cm³/mol. The lowest BCUT2D eigenvalue weighted by Gasteiger charge is -2.08. The summed E-state index contributed by atoms with van der Waals surface area (Å²) < 4.78 is 5.48. The van der Waals surface area contributed by atoms with Crippen molar-refractivity contribution in [2.45, 2.75) is 39.0 Å². The van der Waals surface area contributed by atoms with Crippen molar-refractivity contribution in [3.05, 3.63) is 49.0 Å². The number of allylic oxidation sites excluding steroid dienone is 4. The third kappa shape index (κ3) is 9.64. The SMILES string of the molecule is C=C(/C=C\C(=C)OC(=C)CCCCCN)CC. The van der Waals surface area contributed by atoms with Crippen LogP contribution in [0.25, 0.3) is 0 Å². The first-order chi connectivity index (χ1) is 8.10. The van der Waals surface area contributed by atoms with Gasteiger partial charge in [-0.05, 0) is 31.9 Å². The molecular weight excluding hydrogens is 210 g/mol. The second kappa shape index (κ2) is 9.91. The molecule has 96 valence electrons. The summed E-state index contributed by atoms with van der Waals surface area (Å²) in [6.45, 7) is 14.4. The Bertz CT molecular complexity index is 289. The fourth-order valence-electron chi connectivity index (χ4n) is 1.24. The van der Waals surface area contributed by atoms with Crippen molar-refractivity contribution in [1.82, 2.24) is 0 Å². The average Bonchev–Trinajstić information content (AvgIpc) is 2.31. The molecule has 0 atom stereocenters. The zero-order valence-electron chi connectivity index (χ0n) is 11.0. The van der Waals surface area contributed by atoms with Crippen LogP contribution in [0.5, 0.6) is 0 Å². The van der Waals surface area contributed by atoms with Gasteiger partial charge in [0.25, 0.3) is 0 Å². The predicted octanol–water partition coefficient (Wildman–Crippen LogP) is 4.07. The first-order valence-corrected chi connectivity index (χ1v) is 6.20. The summed E-state index contributed by atoms with van der Waals surface area (Å²) >= 11 is 0. The highest BCUT2D eigenvalue weighted by Gasteiger charge is 1.97. The van der Waals surface area contributed by atoms with E-state index < -0.39 is 0 Å². The Balaban J connectivity index is 3.77. The van der Waals surface area contributed by atoms with E-state index in [0.717, 1.165) is 50.0 Å². The number of hydrogen-bond donors (Lipinski definition) is 1. The van der Waals surface area contributed by atoms with E-state index >= 15 is 0 Å². The Morgan fingerprint density at radius 2 is 1.82 bits per heavy atom. The third-order valence-electron chi connectivity index (χ3n) is 2.39. The molecule has 0 amide bonds. The van der Waals surface area contributed by atoms with Crippen LogP contribution in [0, 0.1) is 0 Å². The summed E-state index contributed by atoms with van der Waals surface area (Å²) in [6, 6.07) is 0. The lowest BCUT2D eigenvalue weighted by Crippen LogP contribution is -1.98. The lowest BCUT2D eigenvalue weighted by atomic mass is 10.2. The quantitative estimate of drug-likeness (QED) is 0.352. The molecule has 2 heteroatoms. The molecule has 2 nitrogen and oxygen atoms in total. The first kappa shape index (κ1) is 15.7. The smallest absolute Gasteiger partial charge is 0.119 e. The van der Waals surface area contributed by atoms with Crippen LogP contribution in [-0.2, 0) is 4.74 Å². The summed E-state index contributed by atoms with van der Waals surface area (Å²) in [5.41, 5.74) is 6.48. The van der Waals surface area contributed by atoms with E-state index in [4.69, 9.17) is 10.5 Å². The van der Waals surface area contributed by atoms with Crippen molar-refractivity contribution in [2.75, 3.05) is 6.54 Å². The normalized spacial score (nSPS) is 10.5. The van der Waals surface area contributed by atoms with E-state index in [0.29, 0.717) is 5.76 Å². The fraction of sp³-hybridized carbons (Fsp3) is 0.467. The Kier molecular flexibility index (Phi) is 9.17. The van der Waals surface area contributed by atoms with Crippen LogP contribution in [-0.4, -0.2) is 6.54 Å². The van der Waals surface area contributed by atoms with Crippen molar-refractivity contribution in [1.29, 1.82) is 0 Å². The number of hydrogen-bond acceptors (Lipinski definition) is 2. The summed E-state index contributed by atoms with van der Waals surface area (Å²) in [5.74, 6) is 1.38. The van der Waals surface area contributed by atoms with Crippen LogP contribution in [0.2, 0.25) is 0 Å². The van der Waals surface area contributed by atoms with E-state index in [1.807, 2.05) is 12.2 Å². The van der Waals surface area contributed by atoms with Gasteiger partial charge in [-0.3, -0.25) is 0 Å². The highest BCUT2D eigenvalue weighted by atomic mass is 16.5. The molecule has 0 aromatic heterocycles. The summed E-state index contributed by atoms with van der Waals surface area (Å²) in [6.07, 6.45) is 8.79. The van der Waals surface area contributed by atoms with Crippen molar-refractivity contribution in [3.8, 4) is 0 Å².